The van der Waals surface area contributed by atoms with Crippen molar-refractivity contribution in [3.8, 4) is 5.75 Å². The monoisotopic (exact) mass is 262 g/mol. The Hall–Kier alpha value is -1.51. The summed E-state index contributed by atoms with van der Waals surface area (Å²) in [5, 5.41) is 9.91. The predicted molar refractivity (Wildman–Crippen MR) is 72.9 cm³/mol. The molecule has 0 spiro atoms. The third-order valence-corrected chi connectivity index (χ3v) is 3.09. The third kappa shape index (κ3) is 3.03. The lowest BCUT2D eigenvalue weighted by Gasteiger charge is -2.11. The highest BCUT2D eigenvalue weighted by atomic mass is 35.5. The van der Waals surface area contributed by atoms with Gasteiger partial charge < -0.3 is 9.84 Å². The number of rotatable bonds is 4. The molecule has 0 aliphatic heterocycles. The van der Waals surface area contributed by atoms with Crippen LogP contribution in [0.2, 0.25) is 5.02 Å². The van der Waals surface area contributed by atoms with Crippen molar-refractivity contribution in [1.29, 1.82) is 0 Å². The molecule has 2 rings (SSSR count). The van der Waals surface area contributed by atoms with Gasteiger partial charge in [-0.15, -0.1) is 0 Å². The zero-order chi connectivity index (χ0) is 13.0. The molecule has 0 atom stereocenters. The van der Waals surface area contributed by atoms with Gasteiger partial charge in [-0.2, -0.15) is 0 Å². The second-order valence-electron chi connectivity index (χ2n) is 4.15. The Kier molecular flexibility index (Phi) is 4.24. The molecule has 0 saturated carbocycles. The SMILES string of the molecule is Cc1ccc(COc2ccccc2CO)c(Cl)c1. The van der Waals surface area contributed by atoms with Crippen molar-refractivity contribution in [3.05, 3.63) is 64.2 Å². The number of ether oxygens (including phenoxy) is 1. The van der Waals surface area contributed by atoms with Gasteiger partial charge in [0.15, 0.2) is 0 Å². The molecule has 0 bridgehead atoms. The molecule has 2 aromatic rings. The summed E-state index contributed by atoms with van der Waals surface area (Å²) in [5.41, 5.74) is 2.84. The van der Waals surface area contributed by atoms with Gasteiger partial charge in [-0.3, -0.25) is 0 Å². The maximum Gasteiger partial charge on any atom is 0.125 e. The number of hydrogen-bond donors (Lipinski definition) is 1. The first kappa shape index (κ1) is 12.9. The standard InChI is InChI=1S/C15H15ClO2/c1-11-6-7-13(14(16)8-11)10-18-15-5-3-2-4-12(15)9-17/h2-8,17H,9-10H2,1H3. The Morgan fingerprint density at radius 2 is 1.89 bits per heavy atom. The fraction of sp³-hybridized carbons (Fsp3) is 0.200. The molecule has 2 aromatic carbocycles. The van der Waals surface area contributed by atoms with Gasteiger partial charge in [0.05, 0.1) is 6.61 Å². The summed E-state index contributed by atoms with van der Waals surface area (Å²) in [6.07, 6.45) is 0. The first-order chi connectivity index (χ1) is 8.70. The lowest BCUT2D eigenvalue weighted by molar-refractivity contribution is 0.259. The molecule has 0 fully saturated rings. The molecule has 0 saturated heterocycles. The van der Waals surface area contributed by atoms with Gasteiger partial charge in [-0.25, -0.2) is 0 Å². The van der Waals surface area contributed by atoms with E-state index in [9.17, 15) is 5.11 Å². The highest BCUT2D eigenvalue weighted by Gasteiger charge is 2.04. The van der Waals surface area contributed by atoms with Crippen molar-refractivity contribution in [2.45, 2.75) is 20.1 Å². The van der Waals surface area contributed by atoms with Crippen LogP contribution in [0.4, 0.5) is 0 Å². The van der Waals surface area contributed by atoms with E-state index in [2.05, 4.69) is 0 Å². The smallest absolute Gasteiger partial charge is 0.125 e. The van der Waals surface area contributed by atoms with Crippen LogP contribution in [-0.2, 0) is 13.2 Å². The normalized spacial score (nSPS) is 10.4. The maximum atomic E-state index is 9.20. The molecular weight excluding hydrogens is 248 g/mol. The number of aliphatic hydroxyl groups is 1. The average molecular weight is 263 g/mol. The van der Waals surface area contributed by atoms with Gasteiger partial charge in [0, 0.05) is 16.1 Å². The minimum atomic E-state index is -0.0300. The van der Waals surface area contributed by atoms with E-state index < -0.39 is 0 Å². The van der Waals surface area contributed by atoms with Crippen molar-refractivity contribution in [3.63, 3.8) is 0 Å². The molecule has 3 heteroatoms. The van der Waals surface area contributed by atoms with Crippen LogP contribution >= 0.6 is 11.6 Å². The Labute approximate surface area is 112 Å². The zero-order valence-corrected chi connectivity index (χ0v) is 10.9. The molecule has 1 N–H and O–H groups in total. The van der Waals surface area contributed by atoms with E-state index in [4.69, 9.17) is 16.3 Å². The van der Waals surface area contributed by atoms with Gasteiger partial charge in [-0.1, -0.05) is 41.9 Å². The maximum absolute atomic E-state index is 9.20. The van der Waals surface area contributed by atoms with Crippen LogP contribution in [0.15, 0.2) is 42.5 Å². The molecule has 0 aliphatic carbocycles. The predicted octanol–water partition coefficient (Wildman–Crippen LogP) is 3.72. The summed E-state index contributed by atoms with van der Waals surface area (Å²) in [6.45, 7) is 2.37. The number of benzene rings is 2. The topological polar surface area (TPSA) is 29.5 Å². The van der Waals surface area contributed by atoms with Gasteiger partial charge in [0.1, 0.15) is 12.4 Å². The Morgan fingerprint density at radius 3 is 2.61 bits per heavy atom. The van der Waals surface area contributed by atoms with Gasteiger partial charge in [0.25, 0.3) is 0 Å². The van der Waals surface area contributed by atoms with Crippen molar-refractivity contribution >= 4 is 11.6 Å². The van der Waals surface area contributed by atoms with E-state index in [1.807, 2.05) is 49.4 Å². The Bertz CT molecular complexity index is 538. The van der Waals surface area contributed by atoms with Crippen LogP contribution in [0, 0.1) is 6.92 Å². The number of aliphatic hydroxyl groups excluding tert-OH is 1. The van der Waals surface area contributed by atoms with Gasteiger partial charge in [-0.05, 0) is 24.6 Å². The molecule has 0 unspecified atom stereocenters. The molecule has 0 amide bonds. The van der Waals surface area contributed by atoms with Gasteiger partial charge in [0.2, 0.25) is 0 Å². The highest BCUT2D eigenvalue weighted by Crippen LogP contribution is 2.22. The minimum Gasteiger partial charge on any atom is -0.488 e. The van der Waals surface area contributed by atoms with E-state index in [0.29, 0.717) is 17.4 Å². The van der Waals surface area contributed by atoms with E-state index >= 15 is 0 Å². The van der Waals surface area contributed by atoms with E-state index in [1.54, 1.807) is 0 Å². The third-order valence-electron chi connectivity index (χ3n) is 2.73. The first-order valence-corrected chi connectivity index (χ1v) is 6.15. The molecule has 0 aliphatic rings. The second kappa shape index (κ2) is 5.89. The number of hydrogen-bond acceptors (Lipinski definition) is 2. The second-order valence-corrected chi connectivity index (χ2v) is 4.56. The summed E-state index contributed by atoms with van der Waals surface area (Å²) >= 11 is 6.14. The Morgan fingerprint density at radius 1 is 1.11 bits per heavy atom. The van der Waals surface area contributed by atoms with Crippen LogP contribution in [0.25, 0.3) is 0 Å². The minimum absolute atomic E-state index is 0.0300. The number of aryl methyl sites for hydroxylation is 1. The molecule has 94 valence electrons. The summed E-state index contributed by atoms with van der Waals surface area (Å²) in [6, 6.07) is 13.3. The number of para-hydroxylation sites is 1. The van der Waals surface area contributed by atoms with Crippen molar-refractivity contribution in [2.24, 2.45) is 0 Å². The largest absolute Gasteiger partial charge is 0.488 e. The fourth-order valence-corrected chi connectivity index (χ4v) is 1.99. The van der Waals surface area contributed by atoms with Crippen molar-refractivity contribution in [2.75, 3.05) is 0 Å². The quantitative estimate of drug-likeness (QED) is 0.910. The lowest BCUT2D eigenvalue weighted by atomic mass is 10.1. The first-order valence-electron chi connectivity index (χ1n) is 5.77. The highest BCUT2D eigenvalue weighted by molar-refractivity contribution is 6.31. The zero-order valence-electron chi connectivity index (χ0n) is 10.2. The molecule has 2 nitrogen and oxygen atoms in total. The fourth-order valence-electron chi connectivity index (χ4n) is 1.70. The summed E-state index contributed by atoms with van der Waals surface area (Å²) < 4.78 is 5.69. The van der Waals surface area contributed by atoms with E-state index in [1.165, 1.54) is 0 Å². The van der Waals surface area contributed by atoms with Gasteiger partial charge >= 0.3 is 0 Å². The molecule has 18 heavy (non-hydrogen) atoms. The summed E-state index contributed by atoms with van der Waals surface area (Å²) in [7, 11) is 0. The molecule has 0 radical (unpaired) electrons. The van der Waals surface area contributed by atoms with E-state index in [0.717, 1.165) is 16.7 Å². The lowest BCUT2D eigenvalue weighted by Crippen LogP contribution is -1.99. The Balaban J connectivity index is 2.11. The average Bonchev–Trinajstić information content (AvgIpc) is 2.38. The molecular formula is C15H15ClO2. The number of halogens is 1. The van der Waals surface area contributed by atoms with E-state index in [-0.39, 0.29) is 6.61 Å². The van der Waals surface area contributed by atoms with Crippen molar-refractivity contribution < 1.29 is 9.84 Å². The summed E-state index contributed by atoms with van der Waals surface area (Å²) in [4.78, 5) is 0. The van der Waals surface area contributed by atoms with Crippen molar-refractivity contribution in [1.82, 2.24) is 0 Å². The van der Waals surface area contributed by atoms with Crippen LogP contribution in [0.1, 0.15) is 16.7 Å². The molecule has 0 aromatic heterocycles. The van der Waals surface area contributed by atoms with Crippen LogP contribution in [-0.4, -0.2) is 5.11 Å². The van der Waals surface area contributed by atoms with Crippen LogP contribution < -0.4 is 4.74 Å². The summed E-state index contributed by atoms with van der Waals surface area (Å²) in [5.74, 6) is 0.691. The molecule has 0 heterocycles. The van der Waals surface area contributed by atoms with Crippen LogP contribution in [0.5, 0.6) is 5.75 Å². The van der Waals surface area contributed by atoms with Crippen LogP contribution in [0.3, 0.4) is 0 Å².